The predicted molar refractivity (Wildman–Crippen MR) is 87.6 cm³/mol. The van der Waals surface area contributed by atoms with Crippen molar-refractivity contribution in [2.75, 3.05) is 10.7 Å². The van der Waals surface area contributed by atoms with E-state index in [2.05, 4.69) is 26.1 Å². The molecule has 0 atom stereocenters. The first-order valence-corrected chi connectivity index (χ1v) is 7.26. The van der Waals surface area contributed by atoms with Crippen LogP contribution in [0.5, 0.6) is 0 Å². The highest BCUT2D eigenvalue weighted by molar-refractivity contribution is 5.66. The van der Waals surface area contributed by atoms with Crippen LogP contribution < -0.4 is 16.2 Å². The zero-order valence-corrected chi connectivity index (χ0v) is 12.2. The van der Waals surface area contributed by atoms with Crippen molar-refractivity contribution in [2.45, 2.75) is 6.54 Å². The molecule has 0 fully saturated rings. The van der Waals surface area contributed by atoms with E-state index in [9.17, 15) is 4.39 Å². The topological polar surface area (TPSA) is 61.9 Å². The molecule has 1 aromatic heterocycles. The van der Waals surface area contributed by atoms with Crippen LogP contribution in [0.25, 0.3) is 11.4 Å². The van der Waals surface area contributed by atoms with Crippen molar-refractivity contribution in [1.29, 1.82) is 0 Å². The van der Waals surface area contributed by atoms with E-state index in [1.54, 1.807) is 0 Å². The van der Waals surface area contributed by atoms with E-state index in [4.69, 9.17) is 0 Å². The Balaban J connectivity index is 1.66. The van der Waals surface area contributed by atoms with E-state index in [0.29, 0.717) is 5.82 Å². The summed E-state index contributed by atoms with van der Waals surface area (Å²) in [6, 6.07) is 15.3. The van der Waals surface area contributed by atoms with Gasteiger partial charge < -0.3 is 10.7 Å². The minimum Gasteiger partial charge on any atom is -0.338 e. The summed E-state index contributed by atoms with van der Waals surface area (Å²) in [6.45, 7) is 0.729. The van der Waals surface area contributed by atoms with Gasteiger partial charge in [-0.15, -0.1) is 0 Å². The summed E-state index contributed by atoms with van der Waals surface area (Å²) in [4.78, 5) is 8.37. The lowest BCUT2D eigenvalue weighted by Crippen LogP contribution is -2.10. The van der Waals surface area contributed by atoms with Crippen LogP contribution >= 0.6 is 0 Å². The monoisotopic (exact) mass is 307 g/mol. The number of halogens is 1. The van der Waals surface area contributed by atoms with Gasteiger partial charge in [0.05, 0.1) is 11.9 Å². The number of anilines is 3. The van der Waals surface area contributed by atoms with E-state index in [-0.39, 0.29) is 5.82 Å². The molecule has 0 unspecified atom stereocenters. The number of hydrogen-bond donors (Lipinski definition) is 3. The van der Waals surface area contributed by atoms with Crippen molar-refractivity contribution in [2.24, 2.45) is 0 Å². The first kappa shape index (κ1) is 13.7. The molecule has 6 heteroatoms. The van der Waals surface area contributed by atoms with Gasteiger partial charge in [-0.2, -0.15) is 0 Å². The zero-order valence-electron chi connectivity index (χ0n) is 12.2. The van der Waals surface area contributed by atoms with Gasteiger partial charge in [0.2, 0.25) is 0 Å². The molecule has 3 aromatic rings. The van der Waals surface area contributed by atoms with Crippen LogP contribution in [-0.4, -0.2) is 9.97 Å². The van der Waals surface area contributed by atoms with E-state index in [1.165, 1.54) is 6.20 Å². The molecule has 0 bridgehead atoms. The third kappa shape index (κ3) is 2.72. The molecule has 114 valence electrons. The van der Waals surface area contributed by atoms with Crippen molar-refractivity contribution < 1.29 is 4.39 Å². The maximum atomic E-state index is 14.0. The second kappa shape index (κ2) is 5.66. The summed E-state index contributed by atoms with van der Waals surface area (Å²) in [5.41, 5.74) is 9.88. The number of aromatic nitrogens is 2. The molecule has 0 saturated heterocycles. The minimum absolute atomic E-state index is 0.165. The number of rotatable bonds is 3. The molecule has 0 radical (unpaired) electrons. The third-order valence-corrected chi connectivity index (χ3v) is 3.65. The van der Waals surface area contributed by atoms with Gasteiger partial charge in [-0.05, 0) is 23.8 Å². The van der Waals surface area contributed by atoms with Crippen molar-refractivity contribution in [3.05, 3.63) is 66.1 Å². The normalized spacial score (nSPS) is 12.6. The van der Waals surface area contributed by atoms with Gasteiger partial charge in [0, 0.05) is 17.8 Å². The molecular formula is C17H14FN5. The maximum absolute atomic E-state index is 14.0. The molecule has 3 N–H and O–H groups in total. The van der Waals surface area contributed by atoms with Crippen LogP contribution in [0.4, 0.5) is 21.6 Å². The average molecular weight is 307 g/mol. The first-order valence-electron chi connectivity index (χ1n) is 7.26. The van der Waals surface area contributed by atoms with Crippen LogP contribution in [0.2, 0.25) is 0 Å². The molecule has 4 rings (SSSR count). The molecule has 2 heterocycles. The number of fused-ring (bicyclic) bond motifs is 1. The molecular weight excluding hydrogens is 293 g/mol. The molecule has 0 spiro atoms. The summed E-state index contributed by atoms with van der Waals surface area (Å²) >= 11 is 0. The Morgan fingerprint density at radius 2 is 1.96 bits per heavy atom. The van der Waals surface area contributed by atoms with Crippen molar-refractivity contribution >= 4 is 17.2 Å². The highest BCUT2D eigenvalue weighted by atomic mass is 19.1. The third-order valence-electron chi connectivity index (χ3n) is 3.65. The summed E-state index contributed by atoms with van der Waals surface area (Å²) < 4.78 is 14.0. The Morgan fingerprint density at radius 1 is 1.09 bits per heavy atom. The summed E-state index contributed by atoms with van der Waals surface area (Å²) in [5, 5.41) is 3.03. The Labute approximate surface area is 132 Å². The Kier molecular flexibility index (Phi) is 3.36. The Bertz CT molecular complexity index is 851. The summed E-state index contributed by atoms with van der Waals surface area (Å²) in [7, 11) is 0. The SMILES string of the molecule is Fc1cnc(-c2ccccc2)nc1Nc1ccc2c(c1)CNN2. The van der Waals surface area contributed by atoms with Crippen molar-refractivity contribution in [3.63, 3.8) is 0 Å². The smallest absolute Gasteiger partial charge is 0.184 e. The van der Waals surface area contributed by atoms with Gasteiger partial charge in [0.15, 0.2) is 17.5 Å². The number of nitrogens with one attached hydrogen (secondary N) is 3. The fourth-order valence-electron chi connectivity index (χ4n) is 2.49. The zero-order chi connectivity index (χ0) is 15.6. The molecule has 0 saturated carbocycles. The van der Waals surface area contributed by atoms with E-state index in [1.807, 2.05) is 48.5 Å². The molecule has 0 aliphatic carbocycles. The summed E-state index contributed by atoms with van der Waals surface area (Å²) in [6.07, 6.45) is 1.19. The van der Waals surface area contributed by atoms with Crippen molar-refractivity contribution in [1.82, 2.24) is 15.4 Å². The van der Waals surface area contributed by atoms with Gasteiger partial charge in [0.1, 0.15) is 0 Å². The standard InChI is InChI=1S/C17H14FN5/c18-14-10-19-16(11-4-2-1-3-5-11)22-17(14)21-13-6-7-15-12(8-13)9-20-23-15/h1-8,10,20,23H,9H2,(H,19,21,22). The van der Waals surface area contributed by atoms with E-state index < -0.39 is 5.82 Å². The molecule has 1 aliphatic rings. The highest BCUT2D eigenvalue weighted by Crippen LogP contribution is 2.26. The first-order chi connectivity index (χ1) is 11.3. The number of hydrazine groups is 1. The van der Waals surface area contributed by atoms with Crippen LogP contribution in [0, 0.1) is 5.82 Å². The fraction of sp³-hybridized carbons (Fsp3) is 0.0588. The average Bonchev–Trinajstić information content (AvgIpc) is 3.05. The lowest BCUT2D eigenvalue weighted by Gasteiger charge is -2.09. The Morgan fingerprint density at radius 3 is 2.83 bits per heavy atom. The lowest BCUT2D eigenvalue weighted by molar-refractivity contribution is 0.619. The van der Waals surface area contributed by atoms with E-state index >= 15 is 0 Å². The molecule has 23 heavy (non-hydrogen) atoms. The largest absolute Gasteiger partial charge is 0.338 e. The summed E-state index contributed by atoms with van der Waals surface area (Å²) in [5.74, 6) is 0.165. The highest BCUT2D eigenvalue weighted by Gasteiger charge is 2.12. The second-order valence-corrected chi connectivity index (χ2v) is 5.23. The van der Waals surface area contributed by atoms with Gasteiger partial charge in [-0.3, -0.25) is 0 Å². The molecule has 0 amide bonds. The minimum atomic E-state index is -0.485. The molecule has 2 aromatic carbocycles. The quantitative estimate of drug-likeness (QED) is 0.692. The predicted octanol–water partition coefficient (Wildman–Crippen LogP) is 3.46. The van der Waals surface area contributed by atoms with E-state index in [0.717, 1.165) is 29.0 Å². The van der Waals surface area contributed by atoms with Crippen LogP contribution in [0.3, 0.4) is 0 Å². The van der Waals surface area contributed by atoms with Crippen molar-refractivity contribution in [3.8, 4) is 11.4 Å². The van der Waals surface area contributed by atoms with Gasteiger partial charge in [0.25, 0.3) is 0 Å². The lowest BCUT2D eigenvalue weighted by atomic mass is 10.1. The maximum Gasteiger partial charge on any atom is 0.184 e. The number of hydrogen-bond acceptors (Lipinski definition) is 5. The molecule has 1 aliphatic heterocycles. The van der Waals surface area contributed by atoms with Crippen LogP contribution in [0.15, 0.2) is 54.7 Å². The molecule has 5 nitrogen and oxygen atoms in total. The van der Waals surface area contributed by atoms with Gasteiger partial charge in [-0.25, -0.2) is 19.8 Å². The number of nitrogens with zero attached hydrogens (tertiary/aromatic N) is 2. The van der Waals surface area contributed by atoms with Gasteiger partial charge in [-0.1, -0.05) is 30.3 Å². The number of benzene rings is 2. The van der Waals surface area contributed by atoms with Crippen LogP contribution in [0.1, 0.15) is 5.56 Å². The Hall–Kier alpha value is -2.99. The second-order valence-electron chi connectivity index (χ2n) is 5.23. The van der Waals surface area contributed by atoms with Crippen LogP contribution in [-0.2, 0) is 6.54 Å². The fourth-order valence-corrected chi connectivity index (χ4v) is 2.49. The van der Waals surface area contributed by atoms with Gasteiger partial charge >= 0.3 is 0 Å².